The van der Waals surface area contributed by atoms with Crippen LogP contribution in [0.2, 0.25) is 0 Å². The molecule has 0 unspecified atom stereocenters. The Morgan fingerprint density at radius 2 is 2.06 bits per heavy atom. The second kappa shape index (κ2) is 8.31. The monoisotopic (exact) mass is 450 g/mol. The minimum Gasteiger partial charge on any atom is -0.459 e. The zero-order valence-electron chi connectivity index (χ0n) is 17.7. The molecule has 0 bridgehead atoms. The Morgan fingerprint density at radius 1 is 1.22 bits per heavy atom. The van der Waals surface area contributed by atoms with Crippen LogP contribution in [0.1, 0.15) is 41.0 Å². The fourth-order valence-corrected chi connectivity index (χ4v) is 5.33. The smallest absolute Gasteiger partial charge is 0.307 e. The summed E-state index contributed by atoms with van der Waals surface area (Å²) in [5, 5.41) is 0.705. The lowest BCUT2D eigenvalue weighted by molar-refractivity contribution is -0.145. The Morgan fingerprint density at radius 3 is 2.94 bits per heavy atom. The average molecular weight is 451 g/mol. The number of thiophene rings is 1. The number of pyridine rings is 1. The maximum atomic E-state index is 13.0. The van der Waals surface area contributed by atoms with E-state index in [4.69, 9.17) is 4.74 Å². The van der Waals surface area contributed by atoms with E-state index in [1.54, 1.807) is 23.6 Å². The lowest BCUT2D eigenvalue weighted by Crippen LogP contribution is -2.23. The highest BCUT2D eigenvalue weighted by Gasteiger charge is 2.20. The van der Waals surface area contributed by atoms with Gasteiger partial charge in [-0.25, -0.2) is 9.97 Å². The van der Waals surface area contributed by atoms with Crippen molar-refractivity contribution in [1.82, 2.24) is 18.9 Å². The first-order valence-corrected chi connectivity index (χ1v) is 11.5. The molecule has 0 amide bonds. The summed E-state index contributed by atoms with van der Waals surface area (Å²) in [6.45, 7) is 2.01. The van der Waals surface area contributed by atoms with Gasteiger partial charge >= 0.3 is 5.97 Å². The van der Waals surface area contributed by atoms with Crippen LogP contribution < -0.4 is 11.1 Å². The maximum absolute atomic E-state index is 13.0. The Hall–Kier alpha value is -3.33. The van der Waals surface area contributed by atoms with Gasteiger partial charge in [-0.2, -0.15) is 0 Å². The summed E-state index contributed by atoms with van der Waals surface area (Å²) in [6, 6.07) is 4.99. The molecule has 0 N–H and O–H groups in total. The van der Waals surface area contributed by atoms with Gasteiger partial charge in [0.25, 0.3) is 11.1 Å². The molecule has 0 atom stereocenters. The van der Waals surface area contributed by atoms with E-state index in [9.17, 15) is 14.4 Å². The van der Waals surface area contributed by atoms with Crippen molar-refractivity contribution in [1.29, 1.82) is 0 Å². The molecule has 5 rings (SSSR count). The fraction of sp³-hybridized carbons (Fsp3) is 0.348. The first-order valence-electron chi connectivity index (χ1n) is 10.6. The van der Waals surface area contributed by atoms with Crippen LogP contribution in [-0.2, 0) is 35.5 Å². The van der Waals surface area contributed by atoms with E-state index in [2.05, 4.69) is 9.97 Å². The molecule has 0 spiro atoms. The normalized spacial score (nSPS) is 13.4. The number of carbonyl (C=O) groups excluding carboxylic acids is 1. The largest absolute Gasteiger partial charge is 0.459 e. The van der Waals surface area contributed by atoms with E-state index in [0.29, 0.717) is 16.7 Å². The lowest BCUT2D eigenvalue weighted by Gasteiger charge is -2.10. The molecule has 1 aliphatic carbocycles. The van der Waals surface area contributed by atoms with Gasteiger partial charge < -0.3 is 4.74 Å². The van der Waals surface area contributed by atoms with Crippen molar-refractivity contribution < 1.29 is 9.53 Å². The standard InChI is InChI=1S/C23H22N4O4S/c1-14-6-9-27-18(10-14)25-15(11-19(27)28)12-31-20(29)7-8-26-13-24-22-21(23(26)30)16-4-2-3-5-17(16)32-22/h6,9-11,13H,2-5,7-8,12H2,1H3. The van der Waals surface area contributed by atoms with Gasteiger partial charge in [-0.1, -0.05) is 0 Å². The molecule has 0 aliphatic heterocycles. The maximum Gasteiger partial charge on any atom is 0.307 e. The van der Waals surface area contributed by atoms with Crippen LogP contribution in [0.4, 0.5) is 0 Å². The quantitative estimate of drug-likeness (QED) is 0.434. The Labute approximate surface area is 187 Å². The third-order valence-electron chi connectivity index (χ3n) is 5.76. The molecule has 4 aromatic rings. The first kappa shape index (κ1) is 20.6. The number of nitrogens with zero attached hydrogens (tertiary/aromatic N) is 4. The Kier molecular flexibility index (Phi) is 5.34. The molecule has 0 saturated carbocycles. The third kappa shape index (κ3) is 3.84. The molecular formula is C23H22N4O4S. The predicted octanol–water partition coefficient (Wildman–Crippen LogP) is 2.79. The zero-order chi connectivity index (χ0) is 22.2. The highest BCUT2D eigenvalue weighted by atomic mass is 32.1. The van der Waals surface area contributed by atoms with Crippen LogP contribution in [0.25, 0.3) is 15.9 Å². The topological polar surface area (TPSA) is 95.6 Å². The number of rotatable bonds is 5. The number of aromatic nitrogens is 4. The van der Waals surface area contributed by atoms with Crippen LogP contribution >= 0.6 is 11.3 Å². The van der Waals surface area contributed by atoms with E-state index < -0.39 is 5.97 Å². The van der Waals surface area contributed by atoms with Crippen molar-refractivity contribution >= 4 is 33.2 Å². The van der Waals surface area contributed by atoms with Crippen molar-refractivity contribution in [2.24, 2.45) is 0 Å². The van der Waals surface area contributed by atoms with Gasteiger partial charge in [-0.15, -0.1) is 11.3 Å². The van der Waals surface area contributed by atoms with Crippen molar-refractivity contribution in [2.75, 3.05) is 0 Å². The molecule has 32 heavy (non-hydrogen) atoms. The van der Waals surface area contributed by atoms with Gasteiger partial charge in [0.15, 0.2) is 0 Å². The van der Waals surface area contributed by atoms with Gasteiger partial charge in [-0.3, -0.25) is 23.4 Å². The Balaban J connectivity index is 1.27. The summed E-state index contributed by atoms with van der Waals surface area (Å²) < 4.78 is 8.23. The second-order valence-electron chi connectivity index (χ2n) is 8.06. The van der Waals surface area contributed by atoms with Crippen LogP contribution in [0.15, 0.2) is 40.3 Å². The zero-order valence-corrected chi connectivity index (χ0v) is 18.5. The number of ether oxygens (including phenoxy) is 1. The molecule has 164 valence electrons. The van der Waals surface area contributed by atoms with Crippen molar-refractivity contribution in [3.8, 4) is 0 Å². The first-order chi connectivity index (χ1) is 15.5. The summed E-state index contributed by atoms with van der Waals surface area (Å²) in [4.78, 5) is 48.4. The number of hydrogen-bond acceptors (Lipinski definition) is 7. The molecule has 4 aromatic heterocycles. The summed E-state index contributed by atoms with van der Waals surface area (Å²) in [5.41, 5.74) is 2.68. The molecule has 1 aliphatic rings. The Bertz CT molecular complexity index is 1470. The number of hydrogen-bond donors (Lipinski definition) is 0. The van der Waals surface area contributed by atoms with Gasteiger partial charge in [0.1, 0.15) is 17.1 Å². The van der Waals surface area contributed by atoms with Crippen LogP contribution in [-0.4, -0.2) is 24.9 Å². The molecule has 9 heteroatoms. The molecule has 0 aromatic carbocycles. The van der Waals surface area contributed by atoms with Crippen LogP contribution in [0.3, 0.4) is 0 Å². The minimum atomic E-state index is -0.462. The second-order valence-corrected chi connectivity index (χ2v) is 9.15. The van der Waals surface area contributed by atoms with Gasteiger partial charge in [0, 0.05) is 23.7 Å². The van der Waals surface area contributed by atoms with Gasteiger partial charge in [0.2, 0.25) is 0 Å². The van der Waals surface area contributed by atoms with E-state index in [-0.39, 0.29) is 30.7 Å². The highest BCUT2D eigenvalue weighted by Crippen LogP contribution is 2.33. The lowest BCUT2D eigenvalue weighted by atomic mass is 9.97. The van der Waals surface area contributed by atoms with E-state index in [1.807, 2.05) is 13.0 Å². The molecule has 8 nitrogen and oxygen atoms in total. The SMILES string of the molecule is Cc1ccn2c(=O)cc(COC(=O)CCn3cnc4sc5c(c4c3=O)CCCC5)nc2c1. The molecule has 4 heterocycles. The van der Waals surface area contributed by atoms with Gasteiger partial charge in [0.05, 0.1) is 23.8 Å². The van der Waals surface area contributed by atoms with Crippen molar-refractivity contribution in [2.45, 2.75) is 52.2 Å². The fourth-order valence-electron chi connectivity index (χ4n) is 4.11. The summed E-state index contributed by atoms with van der Waals surface area (Å²) in [7, 11) is 0. The van der Waals surface area contributed by atoms with Gasteiger partial charge in [-0.05, 0) is 55.9 Å². The summed E-state index contributed by atoms with van der Waals surface area (Å²) in [6.07, 6.45) is 7.37. The third-order valence-corrected chi connectivity index (χ3v) is 6.96. The molecule has 0 radical (unpaired) electrons. The number of aryl methyl sites for hydroxylation is 4. The average Bonchev–Trinajstić information content (AvgIpc) is 3.16. The number of carbonyl (C=O) groups is 1. The van der Waals surface area contributed by atoms with Crippen LogP contribution in [0.5, 0.6) is 0 Å². The van der Waals surface area contributed by atoms with E-state index in [0.717, 1.165) is 41.6 Å². The predicted molar refractivity (Wildman–Crippen MR) is 121 cm³/mol. The summed E-state index contributed by atoms with van der Waals surface area (Å²) in [5.74, 6) is -0.462. The van der Waals surface area contributed by atoms with E-state index in [1.165, 1.54) is 26.2 Å². The number of esters is 1. The molecular weight excluding hydrogens is 428 g/mol. The minimum absolute atomic E-state index is 0.0328. The van der Waals surface area contributed by atoms with E-state index >= 15 is 0 Å². The summed E-state index contributed by atoms with van der Waals surface area (Å²) >= 11 is 1.61. The van der Waals surface area contributed by atoms with Crippen molar-refractivity contribution in [3.05, 3.63) is 73.1 Å². The molecule has 0 fully saturated rings. The molecule has 0 saturated heterocycles. The van der Waals surface area contributed by atoms with Crippen molar-refractivity contribution in [3.63, 3.8) is 0 Å². The number of fused-ring (bicyclic) bond motifs is 4. The van der Waals surface area contributed by atoms with Crippen LogP contribution in [0, 0.1) is 6.92 Å². The highest BCUT2D eigenvalue weighted by molar-refractivity contribution is 7.18.